The third-order valence-corrected chi connectivity index (χ3v) is 14.7. The van der Waals surface area contributed by atoms with Crippen LogP contribution < -0.4 is 4.90 Å². The third-order valence-electron chi connectivity index (χ3n) is 14.7. The lowest BCUT2D eigenvalue weighted by molar-refractivity contribution is 1.18. The number of aromatic nitrogens is 3. The fourth-order valence-electron chi connectivity index (χ4n) is 11.1. The number of fused-ring (bicyclic) bond motifs is 6. The number of nitrogens with zero attached hydrogens (tertiary/aromatic N) is 4. The van der Waals surface area contributed by atoms with Crippen LogP contribution in [0.5, 0.6) is 0 Å². The van der Waals surface area contributed by atoms with Gasteiger partial charge in [-0.1, -0.05) is 164 Å². The fraction of sp³-hybridized carbons (Fsp3) is 0. The Morgan fingerprint density at radius 1 is 0.240 bits per heavy atom. The molecule has 0 bridgehead atoms. The number of rotatable bonds is 10. The first kappa shape index (κ1) is 43.7. The molecule has 0 saturated carbocycles. The van der Waals surface area contributed by atoms with Crippen molar-refractivity contribution in [1.29, 1.82) is 0 Å². The van der Waals surface area contributed by atoms with Crippen molar-refractivity contribution in [3.63, 3.8) is 0 Å². The second-order valence-electron chi connectivity index (χ2n) is 19.2. The van der Waals surface area contributed by atoms with Crippen molar-refractivity contribution in [3.8, 4) is 67.1 Å². The molecule has 0 spiro atoms. The van der Waals surface area contributed by atoms with E-state index in [-0.39, 0.29) is 0 Å². The normalized spacial score (nSPS) is 11.5. The second kappa shape index (κ2) is 18.5. The minimum absolute atomic E-state index is 0.916. The van der Waals surface area contributed by atoms with Crippen molar-refractivity contribution >= 4 is 60.7 Å². The summed E-state index contributed by atoms with van der Waals surface area (Å²) in [5.74, 6) is 0. The van der Waals surface area contributed by atoms with E-state index in [0.29, 0.717) is 0 Å². The molecule has 0 radical (unpaired) electrons. The standard InChI is InChI=1S/C71H48N4/c1-5-17-58(18-6-1)73(59-19-7-2-8-20-59)62-38-33-50(34-39-62)54-35-40-67(72-48-54)57-44-55(43-56(45-57)53-37-42-71-66(47-53)64-26-14-16-28-69(64)75(71)61-23-11-4-12-24-61)51-31-29-49(30-32-51)52-36-41-70-65(46-52)63-25-13-15-27-68(63)74(70)60-21-9-3-10-22-60/h1-48H. The fourth-order valence-corrected chi connectivity index (χ4v) is 11.1. The minimum atomic E-state index is 0.916. The summed E-state index contributed by atoms with van der Waals surface area (Å²) in [6, 6.07) is 103. The summed E-state index contributed by atoms with van der Waals surface area (Å²) in [7, 11) is 0. The zero-order chi connectivity index (χ0) is 49.7. The highest BCUT2D eigenvalue weighted by atomic mass is 15.1. The van der Waals surface area contributed by atoms with Crippen LogP contribution in [0, 0.1) is 0 Å². The van der Waals surface area contributed by atoms with Gasteiger partial charge < -0.3 is 14.0 Å². The molecule has 75 heavy (non-hydrogen) atoms. The molecule has 0 amide bonds. The average molecular weight is 957 g/mol. The largest absolute Gasteiger partial charge is 0.311 e. The first-order chi connectivity index (χ1) is 37.2. The molecular weight excluding hydrogens is 909 g/mol. The highest BCUT2D eigenvalue weighted by Gasteiger charge is 2.18. The van der Waals surface area contributed by atoms with Gasteiger partial charge in [0.15, 0.2) is 0 Å². The van der Waals surface area contributed by atoms with Crippen molar-refractivity contribution in [2.75, 3.05) is 4.90 Å². The first-order valence-corrected chi connectivity index (χ1v) is 25.6. The van der Waals surface area contributed by atoms with Gasteiger partial charge in [-0.3, -0.25) is 4.98 Å². The molecule has 3 aromatic heterocycles. The summed E-state index contributed by atoms with van der Waals surface area (Å²) in [5, 5.41) is 4.93. The summed E-state index contributed by atoms with van der Waals surface area (Å²) in [4.78, 5) is 7.47. The van der Waals surface area contributed by atoms with Gasteiger partial charge in [0.25, 0.3) is 0 Å². The summed E-state index contributed by atoms with van der Waals surface area (Å²) in [6.07, 6.45) is 2.01. The Balaban J connectivity index is 0.843. The van der Waals surface area contributed by atoms with E-state index in [4.69, 9.17) is 4.98 Å². The van der Waals surface area contributed by atoms with Crippen LogP contribution in [0.15, 0.2) is 291 Å². The Kier molecular flexibility index (Phi) is 10.8. The van der Waals surface area contributed by atoms with E-state index in [1.165, 1.54) is 54.7 Å². The van der Waals surface area contributed by atoms with Crippen molar-refractivity contribution in [2.45, 2.75) is 0 Å². The van der Waals surface area contributed by atoms with Gasteiger partial charge in [-0.15, -0.1) is 0 Å². The third kappa shape index (κ3) is 7.93. The maximum atomic E-state index is 5.18. The van der Waals surface area contributed by atoms with Gasteiger partial charge in [-0.05, 0) is 160 Å². The lowest BCUT2D eigenvalue weighted by Gasteiger charge is -2.25. The van der Waals surface area contributed by atoms with Crippen LogP contribution in [-0.2, 0) is 0 Å². The van der Waals surface area contributed by atoms with Crippen LogP contribution in [0.25, 0.3) is 111 Å². The van der Waals surface area contributed by atoms with E-state index >= 15 is 0 Å². The van der Waals surface area contributed by atoms with Crippen LogP contribution >= 0.6 is 0 Å². The SMILES string of the molecule is c1ccc(N(c2ccccc2)c2ccc(-c3ccc(-c4cc(-c5ccc(-c6ccc7c(c6)c6ccccc6n7-c6ccccc6)cc5)cc(-c5ccc6c(c5)c5ccccc5n6-c5ccccc5)c4)nc3)cc2)cc1. The van der Waals surface area contributed by atoms with Crippen LogP contribution in [0.1, 0.15) is 0 Å². The lowest BCUT2D eigenvalue weighted by Crippen LogP contribution is -2.09. The van der Waals surface area contributed by atoms with Gasteiger partial charge in [0.2, 0.25) is 0 Å². The quantitative estimate of drug-likeness (QED) is 0.137. The summed E-state index contributed by atoms with van der Waals surface area (Å²) in [6.45, 7) is 0. The summed E-state index contributed by atoms with van der Waals surface area (Å²) < 4.78 is 4.74. The average Bonchev–Trinajstić information content (AvgIpc) is 4.01. The van der Waals surface area contributed by atoms with Crippen molar-refractivity contribution in [1.82, 2.24) is 14.1 Å². The van der Waals surface area contributed by atoms with Gasteiger partial charge in [0.1, 0.15) is 0 Å². The zero-order valence-corrected chi connectivity index (χ0v) is 41.0. The molecule has 0 aliphatic heterocycles. The molecule has 14 rings (SSSR count). The predicted molar refractivity (Wildman–Crippen MR) is 315 cm³/mol. The molecule has 0 saturated heterocycles. The van der Waals surface area contributed by atoms with Gasteiger partial charge >= 0.3 is 0 Å². The van der Waals surface area contributed by atoms with Crippen molar-refractivity contribution in [3.05, 3.63) is 291 Å². The molecule has 0 atom stereocenters. The molecule has 4 heteroatoms. The number of pyridine rings is 1. The van der Waals surface area contributed by atoms with Crippen LogP contribution in [0.2, 0.25) is 0 Å². The highest BCUT2D eigenvalue weighted by Crippen LogP contribution is 2.41. The number of para-hydroxylation sites is 6. The Labute approximate surface area is 435 Å². The maximum Gasteiger partial charge on any atom is 0.0702 e. The number of hydrogen-bond acceptors (Lipinski definition) is 2. The molecule has 0 fully saturated rings. The molecule has 11 aromatic carbocycles. The van der Waals surface area contributed by atoms with Crippen LogP contribution in [-0.4, -0.2) is 14.1 Å². The van der Waals surface area contributed by atoms with E-state index in [1.54, 1.807) is 0 Å². The lowest BCUT2D eigenvalue weighted by atomic mass is 9.93. The van der Waals surface area contributed by atoms with E-state index in [1.807, 2.05) is 6.20 Å². The van der Waals surface area contributed by atoms with Gasteiger partial charge in [-0.2, -0.15) is 0 Å². The molecule has 3 heterocycles. The molecule has 0 unspecified atom stereocenters. The minimum Gasteiger partial charge on any atom is -0.311 e. The number of benzene rings is 11. The van der Waals surface area contributed by atoms with Gasteiger partial charge in [-0.25, -0.2) is 0 Å². The topological polar surface area (TPSA) is 26.0 Å². The van der Waals surface area contributed by atoms with E-state index < -0.39 is 0 Å². The van der Waals surface area contributed by atoms with E-state index in [9.17, 15) is 0 Å². The van der Waals surface area contributed by atoms with Gasteiger partial charge in [0, 0.05) is 67.3 Å². The van der Waals surface area contributed by atoms with E-state index in [0.717, 1.165) is 73.1 Å². The predicted octanol–water partition coefficient (Wildman–Crippen LogP) is 19.1. The molecule has 0 aliphatic carbocycles. The molecule has 0 N–H and O–H groups in total. The monoisotopic (exact) mass is 956 g/mol. The van der Waals surface area contributed by atoms with E-state index in [2.05, 4.69) is 299 Å². The second-order valence-corrected chi connectivity index (χ2v) is 19.2. The Morgan fingerprint density at radius 3 is 1.11 bits per heavy atom. The van der Waals surface area contributed by atoms with Crippen molar-refractivity contribution in [2.24, 2.45) is 0 Å². The van der Waals surface area contributed by atoms with Crippen molar-refractivity contribution < 1.29 is 0 Å². The first-order valence-electron chi connectivity index (χ1n) is 25.6. The Bertz CT molecular complexity index is 4310. The van der Waals surface area contributed by atoms with Crippen LogP contribution in [0.3, 0.4) is 0 Å². The zero-order valence-electron chi connectivity index (χ0n) is 41.0. The molecular formula is C71H48N4. The smallest absolute Gasteiger partial charge is 0.0702 e. The number of hydrogen-bond donors (Lipinski definition) is 0. The Hall–Kier alpha value is -10.0. The highest BCUT2D eigenvalue weighted by molar-refractivity contribution is 6.12. The summed E-state index contributed by atoms with van der Waals surface area (Å²) >= 11 is 0. The van der Waals surface area contributed by atoms with Crippen LogP contribution in [0.4, 0.5) is 17.1 Å². The maximum absolute atomic E-state index is 5.18. The number of anilines is 3. The molecule has 0 aliphatic rings. The van der Waals surface area contributed by atoms with Gasteiger partial charge in [0.05, 0.1) is 27.8 Å². The molecule has 4 nitrogen and oxygen atoms in total. The summed E-state index contributed by atoms with van der Waals surface area (Å²) in [5.41, 5.74) is 21.5. The Morgan fingerprint density at radius 2 is 0.600 bits per heavy atom. The molecule has 14 aromatic rings. The molecule has 352 valence electrons.